The van der Waals surface area contributed by atoms with Gasteiger partial charge in [-0.3, -0.25) is 4.98 Å². The Morgan fingerprint density at radius 2 is 1.72 bits per heavy atom. The van der Waals surface area contributed by atoms with Crippen molar-refractivity contribution < 1.29 is 28.5 Å². The van der Waals surface area contributed by atoms with Crippen molar-refractivity contribution in [2.75, 3.05) is 37.8 Å². The van der Waals surface area contributed by atoms with Gasteiger partial charge in [0, 0.05) is 48.6 Å². The number of carboxylic acid groups (broad SMARTS) is 1. The molecule has 3 heterocycles. The Hall–Kier alpha value is -3.49. The molecule has 5 rings (SSSR count). The Labute approximate surface area is 254 Å². The average molecular weight is 591 g/mol. The molecule has 2 aliphatic rings. The number of nitrogens with zero attached hydrogens (tertiary/aromatic N) is 2. The monoisotopic (exact) mass is 590 g/mol. The fourth-order valence-electron chi connectivity index (χ4n) is 6.32. The minimum Gasteiger partial charge on any atom is -0.493 e. The minimum absolute atomic E-state index is 0.203. The van der Waals surface area contributed by atoms with Crippen molar-refractivity contribution in [2.45, 2.75) is 72.0 Å². The van der Waals surface area contributed by atoms with E-state index in [-0.39, 0.29) is 11.2 Å². The maximum atomic E-state index is 13.2. The molecule has 0 radical (unpaired) electrons. The third-order valence-corrected chi connectivity index (χ3v) is 8.58. The van der Waals surface area contributed by atoms with Crippen LogP contribution in [0, 0.1) is 25.1 Å². The number of ether oxygens (including phenoxy) is 3. The summed E-state index contributed by atoms with van der Waals surface area (Å²) in [6.07, 6.45) is 2.56. The lowest BCUT2D eigenvalue weighted by atomic mass is 9.77. The summed E-state index contributed by atoms with van der Waals surface area (Å²) in [4.78, 5) is 20.0. The Morgan fingerprint density at radius 1 is 1.05 bits per heavy atom. The Morgan fingerprint density at radius 3 is 2.30 bits per heavy atom. The van der Waals surface area contributed by atoms with E-state index in [2.05, 4.69) is 4.90 Å². The first-order chi connectivity index (χ1) is 20.4. The van der Waals surface area contributed by atoms with E-state index in [1.54, 1.807) is 12.1 Å². The van der Waals surface area contributed by atoms with Gasteiger partial charge in [0.05, 0.1) is 24.5 Å². The summed E-state index contributed by atoms with van der Waals surface area (Å²) in [6.45, 7) is 13.2. The SMILES string of the molecule is Cc1nc(C)c([C@H](OC(C)(C)C)C(=O)O)c(N2CCC3(CCOC3)CC2)c1-c1ccc(OCCc2ccc(F)cc2)cc1. The summed E-state index contributed by atoms with van der Waals surface area (Å²) in [7, 11) is 0. The van der Waals surface area contributed by atoms with E-state index in [9.17, 15) is 14.3 Å². The van der Waals surface area contributed by atoms with E-state index in [0.29, 0.717) is 24.3 Å². The van der Waals surface area contributed by atoms with Gasteiger partial charge in [-0.05, 0) is 94.7 Å². The molecule has 7 nitrogen and oxygen atoms in total. The van der Waals surface area contributed by atoms with Gasteiger partial charge < -0.3 is 24.2 Å². The number of piperidine rings is 1. The van der Waals surface area contributed by atoms with E-state index >= 15 is 0 Å². The summed E-state index contributed by atoms with van der Waals surface area (Å²) >= 11 is 0. The summed E-state index contributed by atoms with van der Waals surface area (Å²) in [5, 5.41) is 10.4. The summed E-state index contributed by atoms with van der Waals surface area (Å²) in [5.41, 5.74) is 5.41. The van der Waals surface area contributed by atoms with Crippen LogP contribution in [0.1, 0.15) is 68.7 Å². The van der Waals surface area contributed by atoms with Gasteiger partial charge in [0.1, 0.15) is 11.6 Å². The number of rotatable bonds is 9. The predicted molar refractivity (Wildman–Crippen MR) is 165 cm³/mol. The number of benzene rings is 2. The quantitative estimate of drug-likeness (QED) is 0.285. The van der Waals surface area contributed by atoms with Crippen LogP contribution in [0.4, 0.5) is 10.1 Å². The van der Waals surface area contributed by atoms with E-state index < -0.39 is 17.7 Å². The predicted octanol–water partition coefficient (Wildman–Crippen LogP) is 7.07. The van der Waals surface area contributed by atoms with Crippen molar-refractivity contribution in [2.24, 2.45) is 5.41 Å². The van der Waals surface area contributed by atoms with Gasteiger partial charge in [0.2, 0.25) is 0 Å². The van der Waals surface area contributed by atoms with Crippen LogP contribution in [0.5, 0.6) is 5.75 Å². The molecule has 2 aliphatic heterocycles. The fraction of sp³-hybridized carbons (Fsp3) is 0.486. The molecule has 3 aromatic rings. The lowest BCUT2D eigenvalue weighted by molar-refractivity contribution is -0.160. The van der Waals surface area contributed by atoms with Crippen molar-refractivity contribution in [3.05, 3.63) is 76.9 Å². The number of hydrogen-bond acceptors (Lipinski definition) is 6. The van der Waals surface area contributed by atoms with E-state index in [1.807, 2.05) is 58.9 Å². The molecule has 2 fully saturated rings. The molecule has 0 amide bonds. The normalized spacial score (nSPS) is 17.3. The second-order valence-corrected chi connectivity index (χ2v) is 12.9. The average Bonchev–Trinajstić information content (AvgIpc) is 3.41. The Bertz CT molecular complexity index is 1420. The first-order valence-corrected chi connectivity index (χ1v) is 15.2. The number of halogens is 1. The fourth-order valence-corrected chi connectivity index (χ4v) is 6.32. The van der Waals surface area contributed by atoms with Crippen LogP contribution in [0.15, 0.2) is 48.5 Å². The largest absolute Gasteiger partial charge is 0.493 e. The molecule has 8 heteroatoms. The molecule has 1 atom stereocenters. The summed E-state index contributed by atoms with van der Waals surface area (Å²) in [6, 6.07) is 14.3. The highest BCUT2D eigenvalue weighted by molar-refractivity contribution is 5.88. The van der Waals surface area contributed by atoms with E-state index in [4.69, 9.17) is 19.2 Å². The lowest BCUT2D eigenvalue weighted by Crippen LogP contribution is -2.42. The van der Waals surface area contributed by atoms with E-state index in [1.165, 1.54) is 12.1 Å². The Kier molecular flexibility index (Phi) is 9.09. The van der Waals surface area contributed by atoms with Gasteiger partial charge in [0.15, 0.2) is 6.10 Å². The second kappa shape index (κ2) is 12.6. The van der Waals surface area contributed by atoms with Gasteiger partial charge in [-0.15, -0.1) is 0 Å². The number of aromatic nitrogens is 1. The number of hydrogen-bond donors (Lipinski definition) is 1. The van der Waals surface area contributed by atoms with Gasteiger partial charge in [-0.25, -0.2) is 9.18 Å². The molecule has 1 aromatic heterocycles. The molecule has 1 spiro atoms. The molecule has 0 bridgehead atoms. The van der Waals surface area contributed by atoms with Crippen molar-refractivity contribution in [1.82, 2.24) is 4.98 Å². The molecular formula is C35H43FN2O5. The zero-order chi connectivity index (χ0) is 30.8. The topological polar surface area (TPSA) is 81.1 Å². The number of anilines is 1. The molecule has 0 saturated carbocycles. The number of aliphatic carboxylic acids is 1. The van der Waals surface area contributed by atoms with Gasteiger partial charge in [-0.1, -0.05) is 24.3 Å². The van der Waals surface area contributed by atoms with Crippen molar-refractivity contribution in [1.29, 1.82) is 0 Å². The van der Waals surface area contributed by atoms with Gasteiger partial charge in [0.25, 0.3) is 0 Å². The van der Waals surface area contributed by atoms with Crippen LogP contribution >= 0.6 is 0 Å². The zero-order valence-electron chi connectivity index (χ0n) is 25.9. The molecule has 0 unspecified atom stereocenters. The van der Waals surface area contributed by atoms with Crippen LogP contribution in [0.2, 0.25) is 0 Å². The molecule has 2 saturated heterocycles. The number of carbonyl (C=O) groups is 1. The van der Waals surface area contributed by atoms with E-state index in [0.717, 1.165) is 79.4 Å². The summed E-state index contributed by atoms with van der Waals surface area (Å²) in [5.74, 6) is -0.552. The lowest BCUT2D eigenvalue weighted by Gasteiger charge is -2.42. The molecule has 1 N–H and O–H groups in total. The molecule has 2 aromatic carbocycles. The van der Waals surface area contributed by atoms with Crippen LogP contribution < -0.4 is 9.64 Å². The molecule has 43 heavy (non-hydrogen) atoms. The van der Waals surface area contributed by atoms with Gasteiger partial charge >= 0.3 is 5.97 Å². The van der Waals surface area contributed by atoms with Gasteiger partial charge in [-0.2, -0.15) is 0 Å². The minimum atomic E-state index is -1.17. The number of aryl methyl sites for hydroxylation is 2. The number of pyridine rings is 1. The van der Waals surface area contributed by atoms with Crippen LogP contribution in [-0.2, 0) is 20.7 Å². The van der Waals surface area contributed by atoms with Crippen LogP contribution in [-0.4, -0.2) is 54.6 Å². The third kappa shape index (κ3) is 7.19. The standard InChI is InChI=1S/C35H43FN2O5/c1-23-29(26-8-12-28(13-9-26)42-20-14-25-6-10-27(36)11-7-25)31(38-18-15-35(16-19-38)17-21-41-22-35)30(24(2)37-23)32(33(39)40)43-34(3,4)5/h6-13,32H,14-22H2,1-5H3,(H,39,40)/t32-/m0/s1. The zero-order valence-corrected chi connectivity index (χ0v) is 25.9. The highest BCUT2D eigenvalue weighted by Gasteiger charge is 2.41. The first-order valence-electron chi connectivity index (χ1n) is 15.2. The highest BCUT2D eigenvalue weighted by atomic mass is 19.1. The molecular weight excluding hydrogens is 547 g/mol. The molecule has 0 aliphatic carbocycles. The first kappa shape index (κ1) is 31.0. The molecule has 230 valence electrons. The second-order valence-electron chi connectivity index (χ2n) is 12.9. The van der Waals surface area contributed by atoms with Crippen molar-refractivity contribution in [3.63, 3.8) is 0 Å². The summed E-state index contributed by atoms with van der Waals surface area (Å²) < 4.78 is 31.2. The van der Waals surface area contributed by atoms with Crippen molar-refractivity contribution in [3.8, 4) is 16.9 Å². The maximum Gasteiger partial charge on any atom is 0.337 e. The highest BCUT2D eigenvalue weighted by Crippen LogP contribution is 2.46. The third-order valence-electron chi connectivity index (χ3n) is 8.58. The Balaban J connectivity index is 1.49. The maximum absolute atomic E-state index is 13.2. The van der Waals surface area contributed by atoms with Crippen molar-refractivity contribution >= 4 is 11.7 Å². The smallest absolute Gasteiger partial charge is 0.337 e. The van der Waals surface area contributed by atoms with Crippen LogP contribution in [0.25, 0.3) is 11.1 Å². The van der Waals surface area contributed by atoms with Crippen LogP contribution in [0.3, 0.4) is 0 Å². The number of carboxylic acids is 1.